The molecule has 1 aromatic carbocycles. The van der Waals surface area contributed by atoms with E-state index < -0.39 is 11.8 Å². The molecule has 2 amide bonds. The maximum Gasteiger partial charge on any atom is 0.325 e. The Morgan fingerprint density at radius 1 is 1.22 bits per heavy atom. The van der Waals surface area contributed by atoms with E-state index in [1.807, 2.05) is 0 Å². The van der Waals surface area contributed by atoms with E-state index in [0.717, 1.165) is 24.7 Å². The van der Waals surface area contributed by atoms with Gasteiger partial charge in [0.1, 0.15) is 11.5 Å². The van der Waals surface area contributed by atoms with E-state index in [9.17, 15) is 9.18 Å². The van der Waals surface area contributed by atoms with Crippen molar-refractivity contribution >= 4 is 17.5 Å². The monoisotopic (exact) mass is 321 g/mol. The van der Waals surface area contributed by atoms with Crippen LogP contribution in [0, 0.1) is 5.82 Å². The highest BCUT2D eigenvalue weighted by Crippen LogP contribution is 2.40. The molecular formula is C15H16FN3O4. The fourth-order valence-corrected chi connectivity index (χ4v) is 2.14. The summed E-state index contributed by atoms with van der Waals surface area (Å²) in [4.78, 5) is 12.0. The summed E-state index contributed by atoms with van der Waals surface area (Å²) in [6.45, 7) is 0. The minimum atomic E-state index is -0.610. The van der Waals surface area contributed by atoms with E-state index in [0.29, 0.717) is 11.7 Å². The molecule has 1 heterocycles. The standard InChI is InChI=1S/C15H16FN3O4/c1-21-12-6-13(22-2)10(5-9(12)16)17-15(20)18-14-7-11(23-19-14)8-3-4-8/h5-8H,3-4H2,1-2H3,(H2,17,18,19,20). The molecule has 122 valence electrons. The molecule has 0 radical (unpaired) electrons. The molecule has 7 nitrogen and oxygen atoms in total. The molecule has 1 aliphatic rings. The Morgan fingerprint density at radius 3 is 2.61 bits per heavy atom. The van der Waals surface area contributed by atoms with Gasteiger partial charge in [0.25, 0.3) is 0 Å². The van der Waals surface area contributed by atoms with E-state index in [2.05, 4.69) is 15.8 Å². The van der Waals surface area contributed by atoms with Crippen molar-refractivity contribution in [2.45, 2.75) is 18.8 Å². The molecule has 2 aromatic rings. The largest absolute Gasteiger partial charge is 0.494 e. The molecule has 8 heteroatoms. The first-order valence-corrected chi connectivity index (χ1v) is 7.07. The smallest absolute Gasteiger partial charge is 0.325 e. The Labute approximate surface area is 131 Å². The molecule has 0 saturated heterocycles. The number of carbonyl (C=O) groups is 1. The number of halogens is 1. The van der Waals surface area contributed by atoms with Crippen molar-refractivity contribution in [3.63, 3.8) is 0 Å². The third kappa shape index (κ3) is 3.36. The minimum Gasteiger partial charge on any atom is -0.494 e. The van der Waals surface area contributed by atoms with Crippen LogP contribution in [-0.2, 0) is 0 Å². The van der Waals surface area contributed by atoms with Crippen LogP contribution in [0.15, 0.2) is 22.7 Å². The van der Waals surface area contributed by atoms with Crippen molar-refractivity contribution in [1.29, 1.82) is 0 Å². The average molecular weight is 321 g/mol. The molecule has 0 bridgehead atoms. The lowest BCUT2D eigenvalue weighted by Gasteiger charge is -2.12. The lowest BCUT2D eigenvalue weighted by Crippen LogP contribution is -2.20. The Hall–Kier alpha value is -2.77. The molecule has 0 unspecified atom stereocenters. The second-order valence-electron chi connectivity index (χ2n) is 5.15. The number of amides is 2. The summed E-state index contributed by atoms with van der Waals surface area (Å²) in [5.74, 6) is 1.15. The van der Waals surface area contributed by atoms with E-state index in [1.165, 1.54) is 20.3 Å². The highest BCUT2D eigenvalue weighted by Gasteiger charge is 2.28. The van der Waals surface area contributed by atoms with Gasteiger partial charge >= 0.3 is 6.03 Å². The Morgan fingerprint density at radius 2 is 1.96 bits per heavy atom. The Kier molecular flexibility index (Phi) is 4.05. The lowest BCUT2D eigenvalue weighted by molar-refractivity contribution is 0.261. The van der Waals surface area contributed by atoms with Gasteiger partial charge in [-0.3, -0.25) is 5.32 Å². The topological polar surface area (TPSA) is 85.6 Å². The maximum atomic E-state index is 13.8. The third-order valence-corrected chi connectivity index (χ3v) is 3.47. The van der Waals surface area contributed by atoms with Crippen LogP contribution < -0.4 is 20.1 Å². The number of ether oxygens (including phenoxy) is 2. The van der Waals surface area contributed by atoms with Crippen molar-refractivity contribution < 1.29 is 23.2 Å². The van der Waals surface area contributed by atoms with Gasteiger partial charge in [-0.25, -0.2) is 9.18 Å². The molecule has 23 heavy (non-hydrogen) atoms. The predicted octanol–water partition coefficient (Wildman–Crippen LogP) is 3.35. The van der Waals surface area contributed by atoms with Crippen LogP contribution >= 0.6 is 0 Å². The van der Waals surface area contributed by atoms with Crippen LogP contribution in [0.2, 0.25) is 0 Å². The molecule has 1 aliphatic carbocycles. The van der Waals surface area contributed by atoms with E-state index in [1.54, 1.807) is 6.07 Å². The number of urea groups is 1. The predicted molar refractivity (Wildman–Crippen MR) is 80.6 cm³/mol. The second kappa shape index (κ2) is 6.15. The molecule has 1 fully saturated rings. The van der Waals surface area contributed by atoms with Gasteiger partial charge < -0.3 is 19.3 Å². The van der Waals surface area contributed by atoms with Crippen molar-refractivity contribution in [3.8, 4) is 11.5 Å². The summed E-state index contributed by atoms with van der Waals surface area (Å²) in [5.41, 5.74) is 0.175. The van der Waals surface area contributed by atoms with E-state index >= 15 is 0 Å². The Bertz CT molecular complexity index is 728. The number of rotatable bonds is 5. The van der Waals surface area contributed by atoms with Gasteiger partial charge in [-0.2, -0.15) is 0 Å². The number of nitrogens with one attached hydrogen (secondary N) is 2. The summed E-state index contributed by atoms with van der Waals surface area (Å²) in [5, 5.41) is 8.81. The fourth-order valence-electron chi connectivity index (χ4n) is 2.14. The number of nitrogens with zero attached hydrogens (tertiary/aromatic N) is 1. The number of hydrogen-bond acceptors (Lipinski definition) is 5. The third-order valence-electron chi connectivity index (χ3n) is 3.47. The molecule has 2 N–H and O–H groups in total. The Balaban J connectivity index is 1.70. The maximum absolute atomic E-state index is 13.8. The highest BCUT2D eigenvalue weighted by atomic mass is 19.1. The number of carbonyl (C=O) groups excluding carboxylic acids is 1. The second-order valence-corrected chi connectivity index (χ2v) is 5.15. The first-order valence-electron chi connectivity index (χ1n) is 7.07. The number of hydrogen-bond donors (Lipinski definition) is 2. The number of aromatic nitrogens is 1. The van der Waals surface area contributed by atoms with Crippen LogP contribution in [0.3, 0.4) is 0 Å². The number of benzene rings is 1. The molecule has 1 aromatic heterocycles. The molecule has 3 rings (SSSR count). The van der Waals surface area contributed by atoms with Crippen molar-refractivity contribution in [2.75, 3.05) is 24.9 Å². The zero-order valence-corrected chi connectivity index (χ0v) is 12.7. The van der Waals surface area contributed by atoms with Gasteiger partial charge in [0.15, 0.2) is 17.4 Å². The zero-order chi connectivity index (χ0) is 16.4. The van der Waals surface area contributed by atoms with E-state index in [-0.39, 0.29) is 17.2 Å². The van der Waals surface area contributed by atoms with Crippen LogP contribution in [0.25, 0.3) is 0 Å². The average Bonchev–Trinajstić information content (AvgIpc) is 3.28. The van der Waals surface area contributed by atoms with Crippen molar-refractivity contribution in [1.82, 2.24) is 5.16 Å². The van der Waals surface area contributed by atoms with Gasteiger partial charge in [-0.1, -0.05) is 5.16 Å². The first-order chi connectivity index (χ1) is 11.1. The van der Waals surface area contributed by atoms with Crippen LogP contribution in [0.5, 0.6) is 11.5 Å². The molecule has 0 spiro atoms. The van der Waals surface area contributed by atoms with Gasteiger partial charge in [0.2, 0.25) is 0 Å². The van der Waals surface area contributed by atoms with Gasteiger partial charge in [0.05, 0.1) is 19.9 Å². The summed E-state index contributed by atoms with van der Waals surface area (Å²) in [6, 6.07) is 3.58. The molecular weight excluding hydrogens is 305 g/mol. The summed E-state index contributed by atoms with van der Waals surface area (Å²) >= 11 is 0. The van der Waals surface area contributed by atoms with Gasteiger partial charge in [0, 0.05) is 24.1 Å². The molecule has 0 atom stereocenters. The van der Waals surface area contributed by atoms with Gasteiger partial charge in [-0.05, 0) is 12.8 Å². The summed E-state index contributed by atoms with van der Waals surface area (Å²) in [7, 11) is 2.76. The number of methoxy groups -OCH3 is 2. The zero-order valence-electron chi connectivity index (χ0n) is 12.7. The van der Waals surface area contributed by atoms with Crippen LogP contribution in [0.1, 0.15) is 24.5 Å². The lowest BCUT2D eigenvalue weighted by atomic mass is 10.2. The van der Waals surface area contributed by atoms with Crippen LogP contribution in [-0.4, -0.2) is 25.4 Å². The van der Waals surface area contributed by atoms with E-state index in [4.69, 9.17) is 14.0 Å². The summed E-state index contributed by atoms with van der Waals surface area (Å²) < 4.78 is 28.9. The SMILES string of the molecule is COc1cc(OC)c(NC(=O)Nc2cc(C3CC3)on2)cc1F. The molecule has 0 aliphatic heterocycles. The molecule has 1 saturated carbocycles. The van der Waals surface area contributed by atoms with Crippen molar-refractivity contribution in [3.05, 3.63) is 29.8 Å². The van der Waals surface area contributed by atoms with Gasteiger partial charge in [-0.15, -0.1) is 0 Å². The minimum absolute atomic E-state index is 0.0263. The quantitative estimate of drug-likeness (QED) is 0.882. The first kappa shape index (κ1) is 15.1. The normalized spacial score (nSPS) is 13.5. The highest BCUT2D eigenvalue weighted by molar-refractivity contribution is 6.00. The van der Waals surface area contributed by atoms with Crippen molar-refractivity contribution in [2.24, 2.45) is 0 Å². The summed E-state index contributed by atoms with van der Waals surface area (Å²) in [6.07, 6.45) is 2.15. The number of anilines is 2. The van der Waals surface area contributed by atoms with Crippen LogP contribution in [0.4, 0.5) is 20.7 Å². The fraction of sp³-hybridized carbons (Fsp3) is 0.333.